The van der Waals surface area contributed by atoms with Gasteiger partial charge in [0.25, 0.3) is 0 Å². The van der Waals surface area contributed by atoms with Crippen molar-refractivity contribution in [3.05, 3.63) is 47.8 Å². The number of hydrogen-bond acceptors (Lipinski definition) is 3. The van der Waals surface area contributed by atoms with Crippen molar-refractivity contribution in [3.8, 4) is 11.8 Å². The van der Waals surface area contributed by atoms with Crippen LogP contribution in [0.2, 0.25) is 0 Å². The molecule has 0 amide bonds. The molecule has 1 N–H and O–H groups in total. The van der Waals surface area contributed by atoms with E-state index in [1.807, 2.05) is 6.07 Å². The monoisotopic (exact) mass is 295 g/mol. The van der Waals surface area contributed by atoms with Crippen molar-refractivity contribution in [2.24, 2.45) is 7.05 Å². The van der Waals surface area contributed by atoms with E-state index in [4.69, 9.17) is 5.26 Å². The summed E-state index contributed by atoms with van der Waals surface area (Å²) in [6.07, 6.45) is -2.93. The SMILES string of the molecule is Cn1cc(CNc2cccc(OC(F)(F)F)c2)cc1C#N. The fraction of sp³-hybridized carbons (Fsp3) is 0.214. The summed E-state index contributed by atoms with van der Waals surface area (Å²) in [5, 5.41) is 11.8. The van der Waals surface area contributed by atoms with Crippen LogP contribution in [-0.2, 0) is 13.6 Å². The van der Waals surface area contributed by atoms with Gasteiger partial charge < -0.3 is 14.6 Å². The van der Waals surface area contributed by atoms with Crippen LogP contribution >= 0.6 is 0 Å². The molecule has 1 aromatic heterocycles. The molecule has 0 atom stereocenters. The van der Waals surface area contributed by atoms with Gasteiger partial charge in [0.2, 0.25) is 0 Å². The lowest BCUT2D eigenvalue weighted by molar-refractivity contribution is -0.274. The summed E-state index contributed by atoms with van der Waals surface area (Å²) >= 11 is 0. The maximum Gasteiger partial charge on any atom is 0.573 e. The second kappa shape index (κ2) is 5.79. The fourth-order valence-electron chi connectivity index (χ4n) is 1.85. The van der Waals surface area contributed by atoms with Crippen LogP contribution in [-0.4, -0.2) is 10.9 Å². The van der Waals surface area contributed by atoms with Crippen LogP contribution in [0.1, 0.15) is 11.3 Å². The predicted octanol–water partition coefficient (Wildman–Crippen LogP) is 3.41. The van der Waals surface area contributed by atoms with E-state index in [0.29, 0.717) is 17.9 Å². The van der Waals surface area contributed by atoms with Gasteiger partial charge in [-0.05, 0) is 23.8 Å². The largest absolute Gasteiger partial charge is 0.573 e. The van der Waals surface area contributed by atoms with E-state index in [9.17, 15) is 13.2 Å². The number of halogens is 3. The third-order valence-corrected chi connectivity index (χ3v) is 2.74. The molecular weight excluding hydrogens is 283 g/mol. The summed E-state index contributed by atoms with van der Waals surface area (Å²) in [5.74, 6) is -0.279. The molecule has 0 saturated carbocycles. The molecule has 2 rings (SSSR count). The lowest BCUT2D eigenvalue weighted by Gasteiger charge is -2.10. The molecule has 0 fully saturated rings. The van der Waals surface area contributed by atoms with E-state index in [2.05, 4.69) is 10.1 Å². The average Bonchev–Trinajstić information content (AvgIpc) is 2.75. The maximum absolute atomic E-state index is 12.1. The standard InChI is InChI=1S/C14H12F3N3O/c1-20-9-10(5-12(20)7-18)8-19-11-3-2-4-13(6-11)21-14(15,16)17/h2-6,9,19H,8H2,1H3. The van der Waals surface area contributed by atoms with Gasteiger partial charge in [0, 0.05) is 31.5 Å². The normalized spacial score (nSPS) is 11.0. The number of rotatable bonds is 4. The molecule has 0 unspecified atom stereocenters. The van der Waals surface area contributed by atoms with E-state index >= 15 is 0 Å². The van der Waals surface area contributed by atoms with E-state index in [1.54, 1.807) is 29.9 Å². The Balaban J connectivity index is 2.03. The number of hydrogen-bond donors (Lipinski definition) is 1. The van der Waals surface area contributed by atoms with Crippen molar-refractivity contribution < 1.29 is 17.9 Å². The molecule has 7 heteroatoms. The first-order valence-corrected chi connectivity index (χ1v) is 6.02. The highest BCUT2D eigenvalue weighted by Gasteiger charge is 2.31. The Morgan fingerprint density at radius 2 is 2.10 bits per heavy atom. The van der Waals surface area contributed by atoms with Crippen molar-refractivity contribution in [3.63, 3.8) is 0 Å². The van der Waals surface area contributed by atoms with Gasteiger partial charge in [-0.15, -0.1) is 13.2 Å². The van der Waals surface area contributed by atoms with Gasteiger partial charge in [0.15, 0.2) is 0 Å². The van der Waals surface area contributed by atoms with E-state index in [0.717, 1.165) is 5.56 Å². The number of nitrogens with zero attached hydrogens (tertiary/aromatic N) is 2. The van der Waals surface area contributed by atoms with Crippen molar-refractivity contribution in [1.29, 1.82) is 5.26 Å². The molecule has 110 valence electrons. The molecule has 0 aliphatic carbocycles. The van der Waals surface area contributed by atoms with Crippen molar-refractivity contribution in [1.82, 2.24) is 4.57 Å². The smallest absolute Gasteiger partial charge is 0.406 e. The van der Waals surface area contributed by atoms with E-state index in [1.165, 1.54) is 18.2 Å². The minimum Gasteiger partial charge on any atom is -0.406 e. The molecule has 0 bridgehead atoms. The van der Waals surface area contributed by atoms with Gasteiger partial charge in [-0.3, -0.25) is 0 Å². The van der Waals surface area contributed by atoms with Crippen LogP contribution in [0.15, 0.2) is 36.5 Å². The Morgan fingerprint density at radius 3 is 2.71 bits per heavy atom. The summed E-state index contributed by atoms with van der Waals surface area (Å²) in [4.78, 5) is 0. The van der Waals surface area contributed by atoms with Crippen LogP contribution in [0.3, 0.4) is 0 Å². The molecule has 1 aromatic carbocycles. The number of nitrogens with one attached hydrogen (secondary N) is 1. The number of anilines is 1. The van der Waals surface area contributed by atoms with Crippen molar-refractivity contribution >= 4 is 5.69 Å². The lowest BCUT2D eigenvalue weighted by Crippen LogP contribution is -2.17. The highest BCUT2D eigenvalue weighted by Crippen LogP contribution is 2.25. The highest BCUT2D eigenvalue weighted by atomic mass is 19.4. The van der Waals surface area contributed by atoms with Crippen LogP contribution < -0.4 is 10.1 Å². The number of aryl methyl sites for hydroxylation is 1. The molecule has 0 saturated heterocycles. The third-order valence-electron chi connectivity index (χ3n) is 2.74. The molecule has 0 radical (unpaired) electrons. The zero-order chi connectivity index (χ0) is 15.5. The Kier molecular flexibility index (Phi) is 4.08. The van der Waals surface area contributed by atoms with Gasteiger partial charge in [-0.1, -0.05) is 6.07 Å². The molecule has 0 aliphatic rings. The first-order valence-electron chi connectivity index (χ1n) is 6.02. The number of aromatic nitrogens is 1. The zero-order valence-corrected chi connectivity index (χ0v) is 11.1. The summed E-state index contributed by atoms with van der Waals surface area (Å²) < 4.78 is 41.9. The highest BCUT2D eigenvalue weighted by molar-refractivity contribution is 5.48. The minimum absolute atomic E-state index is 0.279. The van der Waals surface area contributed by atoms with Crippen LogP contribution in [0.5, 0.6) is 5.75 Å². The maximum atomic E-state index is 12.1. The number of nitriles is 1. The molecule has 0 spiro atoms. The molecule has 0 aliphatic heterocycles. The topological polar surface area (TPSA) is 50.0 Å². The van der Waals surface area contributed by atoms with Crippen molar-refractivity contribution in [2.45, 2.75) is 12.9 Å². The zero-order valence-electron chi connectivity index (χ0n) is 11.1. The second-order valence-electron chi connectivity index (χ2n) is 4.39. The molecule has 2 aromatic rings. The second-order valence-corrected chi connectivity index (χ2v) is 4.39. The fourth-order valence-corrected chi connectivity index (χ4v) is 1.85. The quantitative estimate of drug-likeness (QED) is 0.940. The first kappa shape index (κ1) is 14.8. The molecule has 1 heterocycles. The van der Waals surface area contributed by atoms with Crippen LogP contribution in [0.25, 0.3) is 0 Å². The molecular formula is C14H12F3N3O. The van der Waals surface area contributed by atoms with Gasteiger partial charge >= 0.3 is 6.36 Å². The third kappa shape index (κ3) is 4.18. The molecule has 21 heavy (non-hydrogen) atoms. The van der Waals surface area contributed by atoms with Crippen LogP contribution in [0.4, 0.5) is 18.9 Å². The van der Waals surface area contributed by atoms with E-state index < -0.39 is 6.36 Å². The summed E-state index contributed by atoms with van der Waals surface area (Å²) in [6, 6.07) is 9.35. The van der Waals surface area contributed by atoms with Gasteiger partial charge in [0.05, 0.1) is 0 Å². The Morgan fingerprint density at radius 1 is 1.33 bits per heavy atom. The van der Waals surface area contributed by atoms with E-state index in [-0.39, 0.29) is 5.75 Å². The average molecular weight is 295 g/mol. The first-order chi connectivity index (χ1) is 9.87. The minimum atomic E-state index is -4.71. The number of benzene rings is 1. The van der Waals surface area contributed by atoms with Gasteiger partial charge in [-0.2, -0.15) is 5.26 Å². The summed E-state index contributed by atoms with van der Waals surface area (Å²) in [5.41, 5.74) is 1.87. The Bertz CT molecular complexity index is 671. The van der Waals surface area contributed by atoms with Gasteiger partial charge in [0.1, 0.15) is 17.5 Å². The molecule has 4 nitrogen and oxygen atoms in total. The number of alkyl halides is 3. The predicted molar refractivity (Wildman–Crippen MR) is 70.6 cm³/mol. The number of ether oxygens (including phenoxy) is 1. The lowest BCUT2D eigenvalue weighted by atomic mass is 10.2. The Labute approximate surface area is 119 Å². The van der Waals surface area contributed by atoms with Crippen molar-refractivity contribution in [2.75, 3.05) is 5.32 Å². The van der Waals surface area contributed by atoms with Gasteiger partial charge in [-0.25, -0.2) is 0 Å². The summed E-state index contributed by atoms with van der Waals surface area (Å²) in [7, 11) is 1.75. The Hall–Kier alpha value is -2.62. The summed E-state index contributed by atoms with van der Waals surface area (Å²) in [6.45, 7) is 0.394. The van der Waals surface area contributed by atoms with Crippen LogP contribution in [0, 0.1) is 11.3 Å².